The zero-order valence-corrected chi connectivity index (χ0v) is 17.6. The number of nitrogens with zero attached hydrogens (tertiary/aromatic N) is 1. The largest absolute Gasteiger partial charge is 0.441 e. The van der Waals surface area contributed by atoms with Crippen LogP contribution in [0.25, 0.3) is 11.3 Å². The van der Waals surface area contributed by atoms with Gasteiger partial charge in [0.2, 0.25) is 5.91 Å². The number of nitrogens with one attached hydrogen (secondary N) is 1. The summed E-state index contributed by atoms with van der Waals surface area (Å²) in [5.41, 5.74) is 1.69. The first-order chi connectivity index (χ1) is 13.7. The molecule has 0 fully saturated rings. The minimum Gasteiger partial charge on any atom is -0.441 e. The molecule has 3 rings (SSSR count). The molecule has 1 atom stereocenters. The van der Waals surface area contributed by atoms with Crippen molar-refractivity contribution < 1.29 is 17.6 Å². The van der Waals surface area contributed by atoms with Crippen LogP contribution in [0.5, 0.6) is 0 Å². The molecule has 0 saturated carbocycles. The van der Waals surface area contributed by atoms with Gasteiger partial charge >= 0.3 is 0 Å². The van der Waals surface area contributed by atoms with Crippen LogP contribution in [0.15, 0.2) is 64.0 Å². The smallest absolute Gasteiger partial charge is 0.220 e. The molecule has 1 N–H and O–H groups in total. The Morgan fingerprint density at radius 2 is 1.79 bits per heavy atom. The maximum atomic E-state index is 12.2. The second-order valence-electron chi connectivity index (χ2n) is 6.76. The highest BCUT2D eigenvalue weighted by molar-refractivity contribution is 7.90. The summed E-state index contributed by atoms with van der Waals surface area (Å²) in [6, 6.07) is 13.5. The number of halogens is 1. The highest BCUT2D eigenvalue weighted by Gasteiger charge is 2.13. The molecule has 1 amide bonds. The van der Waals surface area contributed by atoms with Crippen molar-refractivity contribution in [1.82, 2.24) is 10.3 Å². The van der Waals surface area contributed by atoms with Gasteiger partial charge in [-0.1, -0.05) is 23.7 Å². The number of carbonyl (C=O) groups is 1. The maximum Gasteiger partial charge on any atom is 0.220 e. The fraction of sp³-hybridized carbons (Fsp3) is 0.238. The van der Waals surface area contributed by atoms with Crippen LogP contribution in [0.3, 0.4) is 0 Å². The number of carbonyl (C=O) groups excluding carboxylic acids is 1. The Labute approximate surface area is 174 Å². The molecule has 0 aliphatic carbocycles. The van der Waals surface area contributed by atoms with Crippen LogP contribution in [-0.4, -0.2) is 25.6 Å². The molecule has 1 heterocycles. The first-order valence-corrected chi connectivity index (χ1v) is 11.3. The van der Waals surface area contributed by atoms with E-state index >= 15 is 0 Å². The number of benzene rings is 2. The second kappa shape index (κ2) is 8.80. The van der Waals surface area contributed by atoms with Gasteiger partial charge in [-0.15, -0.1) is 0 Å². The van der Waals surface area contributed by atoms with E-state index < -0.39 is 9.84 Å². The van der Waals surface area contributed by atoms with E-state index in [1.54, 1.807) is 42.6 Å². The maximum absolute atomic E-state index is 12.2. The van der Waals surface area contributed by atoms with Gasteiger partial charge in [-0.25, -0.2) is 13.4 Å². The predicted octanol–water partition coefficient (Wildman–Crippen LogP) is 4.21. The zero-order valence-electron chi connectivity index (χ0n) is 16.1. The van der Waals surface area contributed by atoms with Crippen LogP contribution < -0.4 is 5.32 Å². The zero-order chi connectivity index (χ0) is 21.0. The van der Waals surface area contributed by atoms with E-state index in [9.17, 15) is 13.2 Å². The molecular formula is C21H21ClN2O4S. The first-order valence-electron chi connectivity index (χ1n) is 9.02. The Bertz CT molecular complexity index is 1090. The fourth-order valence-corrected chi connectivity index (χ4v) is 3.55. The molecule has 29 heavy (non-hydrogen) atoms. The number of amides is 1. The third-order valence-electron chi connectivity index (χ3n) is 4.43. The molecule has 0 bridgehead atoms. The minimum absolute atomic E-state index is 0.143. The van der Waals surface area contributed by atoms with Crippen LogP contribution in [0.1, 0.15) is 30.8 Å². The quantitative estimate of drug-likeness (QED) is 0.604. The molecule has 0 spiro atoms. The Morgan fingerprint density at radius 1 is 1.14 bits per heavy atom. The van der Waals surface area contributed by atoms with Crippen molar-refractivity contribution in [2.24, 2.45) is 0 Å². The number of aromatic nitrogens is 1. The molecule has 3 aromatic rings. The average Bonchev–Trinajstić information content (AvgIpc) is 3.15. The SMILES string of the molecule is CC(NC(=O)CCc1ncc(-c2ccc(Cl)cc2)o1)c1ccc(S(C)(=O)=O)cc1. The summed E-state index contributed by atoms with van der Waals surface area (Å²) < 4.78 is 28.8. The number of aryl methyl sites for hydroxylation is 1. The Hall–Kier alpha value is -2.64. The van der Waals surface area contributed by atoms with Crippen LogP contribution in [0.2, 0.25) is 5.02 Å². The van der Waals surface area contributed by atoms with E-state index in [2.05, 4.69) is 10.3 Å². The lowest BCUT2D eigenvalue weighted by atomic mass is 10.1. The van der Waals surface area contributed by atoms with E-state index in [0.29, 0.717) is 23.1 Å². The Morgan fingerprint density at radius 3 is 2.41 bits per heavy atom. The Kier molecular flexibility index (Phi) is 6.39. The number of sulfone groups is 1. The molecule has 1 unspecified atom stereocenters. The number of rotatable bonds is 7. The molecule has 8 heteroatoms. The standard InChI is InChI=1S/C21H21ClN2O4S/c1-14(15-5-9-18(10-6-15)29(2,26)27)24-20(25)11-12-21-23-13-19(28-21)16-3-7-17(22)8-4-16/h3-10,13-14H,11-12H2,1-2H3,(H,24,25). The number of hydrogen-bond donors (Lipinski definition) is 1. The molecule has 2 aromatic carbocycles. The first kappa shape index (κ1) is 21.1. The summed E-state index contributed by atoms with van der Waals surface area (Å²) in [5.74, 6) is 0.961. The highest BCUT2D eigenvalue weighted by atomic mass is 35.5. The predicted molar refractivity (Wildman–Crippen MR) is 111 cm³/mol. The van der Waals surface area contributed by atoms with Gasteiger partial charge in [-0.3, -0.25) is 4.79 Å². The number of hydrogen-bond acceptors (Lipinski definition) is 5. The molecule has 152 valence electrons. The Balaban J connectivity index is 1.54. The fourth-order valence-electron chi connectivity index (χ4n) is 2.79. The van der Waals surface area contributed by atoms with Crippen molar-refractivity contribution >= 4 is 27.3 Å². The summed E-state index contributed by atoms with van der Waals surface area (Å²) in [7, 11) is -3.24. The lowest BCUT2D eigenvalue weighted by Gasteiger charge is -2.14. The van der Waals surface area contributed by atoms with Gasteiger partial charge in [0.25, 0.3) is 0 Å². The molecule has 0 radical (unpaired) electrons. The number of oxazole rings is 1. The summed E-state index contributed by atoms with van der Waals surface area (Å²) in [4.78, 5) is 16.7. The van der Waals surface area contributed by atoms with E-state index in [0.717, 1.165) is 17.4 Å². The van der Waals surface area contributed by atoms with Crippen molar-refractivity contribution in [3.8, 4) is 11.3 Å². The summed E-state index contributed by atoms with van der Waals surface area (Å²) in [6.07, 6.45) is 3.39. The minimum atomic E-state index is -3.24. The van der Waals surface area contributed by atoms with E-state index in [4.69, 9.17) is 16.0 Å². The molecule has 0 aliphatic heterocycles. The molecule has 1 aromatic heterocycles. The van der Waals surface area contributed by atoms with Crippen molar-refractivity contribution in [2.75, 3.05) is 6.26 Å². The summed E-state index contributed by atoms with van der Waals surface area (Å²) in [6.45, 7) is 1.84. The van der Waals surface area contributed by atoms with Gasteiger partial charge in [0, 0.05) is 29.7 Å². The topological polar surface area (TPSA) is 89.3 Å². The van der Waals surface area contributed by atoms with Crippen molar-refractivity contribution in [1.29, 1.82) is 0 Å². The lowest BCUT2D eigenvalue weighted by molar-refractivity contribution is -0.121. The molecule has 6 nitrogen and oxygen atoms in total. The van der Waals surface area contributed by atoms with Gasteiger partial charge < -0.3 is 9.73 Å². The third-order valence-corrected chi connectivity index (χ3v) is 5.81. The third kappa shape index (κ3) is 5.68. The van der Waals surface area contributed by atoms with E-state index in [-0.39, 0.29) is 23.3 Å². The van der Waals surface area contributed by atoms with Crippen LogP contribution in [0.4, 0.5) is 0 Å². The van der Waals surface area contributed by atoms with E-state index in [1.807, 2.05) is 19.1 Å². The summed E-state index contributed by atoms with van der Waals surface area (Å²) in [5, 5.41) is 3.54. The van der Waals surface area contributed by atoms with Crippen molar-refractivity contribution in [3.63, 3.8) is 0 Å². The van der Waals surface area contributed by atoms with Crippen molar-refractivity contribution in [3.05, 3.63) is 71.2 Å². The van der Waals surface area contributed by atoms with Crippen LogP contribution in [0, 0.1) is 0 Å². The van der Waals surface area contributed by atoms with Gasteiger partial charge in [-0.05, 0) is 48.9 Å². The van der Waals surface area contributed by atoms with Gasteiger partial charge in [0.15, 0.2) is 21.5 Å². The lowest BCUT2D eigenvalue weighted by Crippen LogP contribution is -2.26. The molecule has 0 aliphatic rings. The van der Waals surface area contributed by atoms with Gasteiger partial charge in [0.05, 0.1) is 17.1 Å². The van der Waals surface area contributed by atoms with Crippen molar-refractivity contribution in [2.45, 2.75) is 30.7 Å². The highest BCUT2D eigenvalue weighted by Crippen LogP contribution is 2.23. The van der Waals surface area contributed by atoms with Gasteiger partial charge in [0.1, 0.15) is 0 Å². The molecule has 0 saturated heterocycles. The van der Waals surface area contributed by atoms with E-state index in [1.165, 1.54) is 0 Å². The monoisotopic (exact) mass is 432 g/mol. The van der Waals surface area contributed by atoms with Crippen LogP contribution in [-0.2, 0) is 21.1 Å². The second-order valence-corrected chi connectivity index (χ2v) is 9.21. The summed E-state index contributed by atoms with van der Waals surface area (Å²) >= 11 is 5.88. The van der Waals surface area contributed by atoms with Gasteiger partial charge in [-0.2, -0.15) is 0 Å². The molecular weight excluding hydrogens is 412 g/mol. The van der Waals surface area contributed by atoms with Crippen LogP contribution >= 0.6 is 11.6 Å². The average molecular weight is 433 g/mol. The normalized spacial score (nSPS) is 12.5.